The molecule has 11 heteroatoms. The lowest BCUT2D eigenvalue weighted by Crippen LogP contribution is -2.57. The van der Waals surface area contributed by atoms with Crippen molar-refractivity contribution in [3.63, 3.8) is 0 Å². The van der Waals surface area contributed by atoms with Gasteiger partial charge in [-0.1, -0.05) is 17.8 Å². The van der Waals surface area contributed by atoms with Gasteiger partial charge >= 0.3 is 0 Å². The zero-order valence-electron chi connectivity index (χ0n) is 22.7. The van der Waals surface area contributed by atoms with Crippen molar-refractivity contribution in [3.05, 3.63) is 68.6 Å². The maximum Gasteiger partial charge on any atom is 0.285 e. The Morgan fingerprint density at radius 2 is 1.76 bits per heavy atom. The van der Waals surface area contributed by atoms with Gasteiger partial charge in [0.25, 0.3) is 11.6 Å². The van der Waals surface area contributed by atoms with E-state index in [0.717, 1.165) is 42.2 Å². The van der Waals surface area contributed by atoms with Crippen molar-refractivity contribution in [2.45, 2.75) is 52.1 Å². The summed E-state index contributed by atoms with van der Waals surface area (Å²) in [5.74, 6) is 2.49. The molecule has 1 aliphatic heterocycles. The molecule has 5 aliphatic rings. The average Bonchev–Trinajstić information content (AvgIpc) is 3.19. The SMILES string of the molecule is CCOc1cc(/C=C2/SC(=S)N(NC(=O)C34CC5CC(CC(C5)C3)C4)C2=O)ccc1OCc1ccc([N+](=O)[O-])cc1. The number of hydrazine groups is 1. The van der Waals surface area contributed by atoms with Gasteiger partial charge in [-0.25, -0.2) is 0 Å². The number of ether oxygens (including phenoxy) is 2. The highest BCUT2D eigenvalue weighted by Crippen LogP contribution is 2.60. The van der Waals surface area contributed by atoms with Crippen LogP contribution in [0.3, 0.4) is 0 Å². The second-order valence-corrected chi connectivity index (χ2v) is 13.2. The fourth-order valence-corrected chi connectivity index (χ4v) is 8.38. The molecule has 1 heterocycles. The van der Waals surface area contributed by atoms with Crippen LogP contribution in [0.4, 0.5) is 5.69 Å². The van der Waals surface area contributed by atoms with Gasteiger partial charge in [-0.3, -0.25) is 25.1 Å². The summed E-state index contributed by atoms with van der Waals surface area (Å²) < 4.78 is 12.0. The Morgan fingerprint density at radius 3 is 2.37 bits per heavy atom. The number of hydrogen-bond acceptors (Lipinski definition) is 8. The third-order valence-corrected chi connectivity index (χ3v) is 9.94. The van der Waals surface area contributed by atoms with Crippen molar-refractivity contribution in [1.29, 1.82) is 0 Å². The van der Waals surface area contributed by atoms with Gasteiger partial charge in [-0.05, 0) is 117 Å². The minimum Gasteiger partial charge on any atom is -0.490 e. The third-order valence-electron chi connectivity index (χ3n) is 8.63. The topological polar surface area (TPSA) is 111 Å². The number of carbonyl (C=O) groups is 2. The van der Waals surface area contributed by atoms with Crippen LogP contribution in [0, 0.1) is 33.3 Å². The van der Waals surface area contributed by atoms with Crippen molar-refractivity contribution in [1.82, 2.24) is 10.4 Å². The molecule has 7 rings (SSSR count). The number of non-ortho nitro benzene ring substituents is 1. The van der Waals surface area contributed by atoms with Crippen LogP contribution in [-0.4, -0.2) is 32.7 Å². The molecule has 9 nitrogen and oxygen atoms in total. The van der Waals surface area contributed by atoms with Gasteiger partial charge in [-0.15, -0.1) is 0 Å². The van der Waals surface area contributed by atoms with E-state index in [4.69, 9.17) is 21.7 Å². The molecule has 214 valence electrons. The fourth-order valence-electron chi connectivity index (χ4n) is 7.20. The van der Waals surface area contributed by atoms with Crippen LogP contribution >= 0.6 is 24.0 Å². The van der Waals surface area contributed by atoms with E-state index in [0.29, 0.717) is 45.1 Å². The number of nitrogens with zero attached hydrogens (tertiary/aromatic N) is 2. The molecule has 4 aliphatic carbocycles. The summed E-state index contributed by atoms with van der Waals surface area (Å²) >= 11 is 6.66. The molecular weight excluding hydrogens is 562 g/mol. The summed E-state index contributed by atoms with van der Waals surface area (Å²) in [5.41, 5.74) is 4.04. The molecule has 2 aromatic rings. The highest BCUT2D eigenvalue weighted by Gasteiger charge is 2.55. The molecule has 1 saturated heterocycles. The fraction of sp³-hybridized carbons (Fsp3) is 0.433. The normalized spacial score (nSPS) is 27.4. The second-order valence-electron chi connectivity index (χ2n) is 11.5. The molecule has 0 radical (unpaired) electrons. The molecular formula is C30H31N3O6S2. The quantitative estimate of drug-likeness (QED) is 0.163. The molecule has 2 aromatic carbocycles. The lowest BCUT2D eigenvalue weighted by atomic mass is 9.49. The predicted octanol–water partition coefficient (Wildman–Crippen LogP) is 6.02. The van der Waals surface area contributed by atoms with E-state index in [1.165, 1.54) is 36.4 Å². The number of rotatable bonds is 9. The minimum absolute atomic E-state index is 0.0193. The van der Waals surface area contributed by atoms with Crippen LogP contribution in [0.25, 0.3) is 6.08 Å². The van der Waals surface area contributed by atoms with E-state index < -0.39 is 4.92 Å². The molecule has 5 fully saturated rings. The molecule has 41 heavy (non-hydrogen) atoms. The first-order valence-corrected chi connectivity index (χ1v) is 15.2. The molecule has 1 N–H and O–H groups in total. The van der Waals surface area contributed by atoms with E-state index in [1.807, 2.05) is 13.0 Å². The Morgan fingerprint density at radius 1 is 1.10 bits per heavy atom. The van der Waals surface area contributed by atoms with Gasteiger partial charge in [0.15, 0.2) is 15.8 Å². The standard InChI is InChI=1S/C30H31N3O6S2/c1-2-38-25-12-19(5-8-24(25)39-17-18-3-6-23(7-4-18)33(36)37)13-26-27(34)32(29(40)41-26)31-28(35)30-14-20-9-21(15-30)11-22(10-20)16-30/h3-8,12-13,20-22H,2,9-11,14-17H2,1H3,(H,31,35)/b26-13+. The van der Waals surface area contributed by atoms with Crippen LogP contribution in [-0.2, 0) is 16.2 Å². The van der Waals surface area contributed by atoms with Crippen molar-refractivity contribution in [3.8, 4) is 11.5 Å². The third kappa shape index (κ3) is 5.57. The lowest BCUT2D eigenvalue weighted by Gasteiger charge is -2.55. The molecule has 2 amide bonds. The Bertz CT molecular complexity index is 1400. The van der Waals surface area contributed by atoms with Crippen molar-refractivity contribution in [2.24, 2.45) is 23.2 Å². The summed E-state index contributed by atoms with van der Waals surface area (Å²) in [6, 6.07) is 11.5. The number of thiocarbonyl (C=S) groups is 1. The lowest BCUT2D eigenvalue weighted by molar-refractivity contribution is -0.384. The number of thioether (sulfide) groups is 1. The monoisotopic (exact) mass is 593 g/mol. The highest BCUT2D eigenvalue weighted by atomic mass is 32.2. The molecule has 0 aromatic heterocycles. The Kier molecular flexibility index (Phi) is 7.50. The second kappa shape index (κ2) is 11.1. The molecule has 0 unspecified atom stereocenters. The zero-order chi connectivity index (χ0) is 28.7. The summed E-state index contributed by atoms with van der Waals surface area (Å²) in [6.45, 7) is 2.49. The van der Waals surface area contributed by atoms with Crippen LogP contribution in [0.5, 0.6) is 11.5 Å². The molecule has 4 saturated carbocycles. The Balaban J connectivity index is 1.13. The average molecular weight is 594 g/mol. The number of amides is 2. The van der Waals surface area contributed by atoms with Crippen molar-refractivity contribution < 1.29 is 24.0 Å². The number of nitro benzene ring substituents is 1. The molecule has 0 spiro atoms. The smallest absolute Gasteiger partial charge is 0.285 e. The predicted molar refractivity (Wildman–Crippen MR) is 159 cm³/mol. The van der Waals surface area contributed by atoms with E-state index in [1.54, 1.807) is 30.3 Å². The first-order chi connectivity index (χ1) is 19.7. The first kappa shape index (κ1) is 27.7. The van der Waals surface area contributed by atoms with E-state index >= 15 is 0 Å². The first-order valence-electron chi connectivity index (χ1n) is 13.9. The summed E-state index contributed by atoms with van der Waals surface area (Å²) in [6.07, 6.45) is 8.18. The van der Waals surface area contributed by atoms with E-state index in [9.17, 15) is 19.7 Å². The highest BCUT2D eigenvalue weighted by molar-refractivity contribution is 8.26. The van der Waals surface area contributed by atoms with Gasteiger partial charge in [-0.2, -0.15) is 5.01 Å². The van der Waals surface area contributed by atoms with Crippen LogP contribution in [0.2, 0.25) is 0 Å². The van der Waals surface area contributed by atoms with Gasteiger partial charge in [0.2, 0.25) is 5.91 Å². The number of carbonyl (C=O) groups excluding carboxylic acids is 2. The van der Waals surface area contributed by atoms with E-state index in [2.05, 4.69) is 5.43 Å². The summed E-state index contributed by atoms with van der Waals surface area (Å²) in [4.78, 5) is 37.7. The summed E-state index contributed by atoms with van der Waals surface area (Å²) in [7, 11) is 0. The molecule has 0 atom stereocenters. The number of hydrogen-bond donors (Lipinski definition) is 1. The van der Waals surface area contributed by atoms with Gasteiger partial charge in [0.1, 0.15) is 6.61 Å². The Labute approximate surface area is 247 Å². The largest absolute Gasteiger partial charge is 0.490 e. The van der Waals surface area contributed by atoms with Crippen molar-refractivity contribution in [2.75, 3.05) is 6.61 Å². The van der Waals surface area contributed by atoms with Crippen LogP contribution < -0.4 is 14.9 Å². The van der Waals surface area contributed by atoms with Gasteiger partial charge in [0.05, 0.1) is 21.9 Å². The number of nitro groups is 1. The Hall–Kier alpha value is -3.44. The minimum atomic E-state index is -0.443. The zero-order valence-corrected chi connectivity index (χ0v) is 24.3. The maximum absolute atomic E-state index is 13.5. The van der Waals surface area contributed by atoms with Gasteiger partial charge in [0, 0.05) is 12.1 Å². The van der Waals surface area contributed by atoms with Crippen LogP contribution in [0.15, 0.2) is 47.4 Å². The van der Waals surface area contributed by atoms with Gasteiger partial charge < -0.3 is 9.47 Å². The molecule has 4 bridgehead atoms. The summed E-state index contributed by atoms with van der Waals surface area (Å²) in [5, 5.41) is 12.1. The van der Waals surface area contributed by atoms with Crippen molar-refractivity contribution >= 4 is 51.9 Å². The number of benzene rings is 2. The maximum atomic E-state index is 13.5. The number of nitrogens with one attached hydrogen (secondary N) is 1. The van der Waals surface area contributed by atoms with Crippen LogP contribution in [0.1, 0.15) is 56.6 Å². The van der Waals surface area contributed by atoms with E-state index in [-0.39, 0.29) is 29.5 Å².